The van der Waals surface area contributed by atoms with E-state index in [0.29, 0.717) is 17.0 Å². The van der Waals surface area contributed by atoms with Crippen LogP contribution in [0.15, 0.2) is 51.0 Å². The standard InChI is InChI=1S/C14H16N2O3S/c1-10-6-7-11(2)14(9-10)20(17,18)16-15-12(3)13-5-4-8-19-13/h4-9,16H,1-3H3/b15-12-. The van der Waals surface area contributed by atoms with E-state index in [1.165, 1.54) is 6.26 Å². The minimum atomic E-state index is -3.68. The van der Waals surface area contributed by atoms with Gasteiger partial charge in [0.25, 0.3) is 10.0 Å². The zero-order valence-corrected chi connectivity index (χ0v) is 12.4. The molecule has 0 atom stereocenters. The SMILES string of the molecule is C/C(=N/NS(=O)(=O)c1cc(C)ccc1C)c1ccco1. The zero-order chi connectivity index (χ0) is 14.8. The second-order valence-corrected chi connectivity index (χ2v) is 6.17. The number of nitrogens with zero attached hydrogens (tertiary/aromatic N) is 1. The molecule has 0 spiro atoms. The van der Waals surface area contributed by atoms with Crippen LogP contribution in [-0.2, 0) is 10.0 Å². The molecule has 0 aliphatic rings. The van der Waals surface area contributed by atoms with Gasteiger partial charge in [-0.05, 0) is 50.1 Å². The summed E-state index contributed by atoms with van der Waals surface area (Å²) in [7, 11) is -3.68. The molecular formula is C14H16N2O3S. The molecule has 0 saturated heterocycles. The second kappa shape index (κ2) is 5.50. The summed E-state index contributed by atoms with van der Waals surface area (Å²) in [6.45, 7) is 5.26. The molecule has 1 heterocycles. The third-order valence-electron chi connectivity index (χ3n) is 2.84. The summed E-state index contributed by atoms with van der Waals surface area (Å²) in [5.74, 6) is 0.522. The molecule has 6 heteroatoms. The van der Waals surface area contributed by atoms with Gasteiger partial charge >= 0.3 is 0 Å². The maximum absolute atomic E-state index is 12.2. The van der Waals surface area contributed by atoms with Gasteiger partial charge in [-0.25, -0.2) is 0 Å². The number of sulfonamides is 1. The summed E-state index contributed by atoms with van der Waals surface area (Å²) in [5, 5.41) is 3.87. The number of rotatable bonds is 4. The van der Waals surface area contributed by atoms with E-state index < -0.39 is 10.0 Å². The van der Waals surface area contributed by atoms with Crippen LogP contribution in [0.25, 0.3) is 0 Å². The van der Waals surface area contributed by atoms with E-state index in [1.807, 2.05) is 13.0 Å². The number of benzene rings is 1. The summed E-state index contributed by atoms with van der Waals surface area (Å²) in [6, 6.07) is 8.69. The lowest BCUT2D eigenvalue weighted by Crippen LogP contribution is -2.20. The molecule has 0 aliphatic heterocycles. The van der Waals surface area contributed by atoms with Crippen molar-refractivity contribution in [2.45, 2.75) is 25.7 Å². The minimum absolute atomic E-state index is 0.230. The Kier molecular flexibility index (Phi) is 3.94. The Bertz CT molecular complexity index is 732. The van der Waals surface area contributed by atoms with E-state index in [-0.39, 0.29) is 4.90 Å². The maximum atomic E-state index is 12.2. The fraction of sp³-hybridized carbons (Fsp3) is 0.214. The van der Waals surface area contributed by atoms with Crippen LogP contribution in [-0.4, -0.2) is 14.1 Å². The van der Waals surface area contributed by atoms with Crippen molar-refractivity contribution in [1.82, 2.24) is 4.83 Å². The third-order valence-corrected chi connectivity index (χ3v) is 4.19. The number of hydrazone groups is 1. The van der Waals surface area contributed by atoms with Crippen LogP contribution in [0.2, 0.25) is 0 Å². The van der Waals surface area contributed by atoms with E-state index in [2.05, 4.69) is 9.93 Å². The van der Waals surface area contributed by atoms with Crippen LogP contribution < -0.4 is 4.83 Å². The summed E-state index contributed by atoms with van der Waals surface area (Å²) >= 11 is 0. The lowest BCUT2D eigenvalue weighted by molar-refractivity contribution is 0.556. The number of hydrogen-bond acceptors (Lipinski definition) is 4. The van der Waals surface area contributed by atoms with E-state index >= 15 is 0 Å². The Labute approximate surface area is 118 Å². The molecule has 0 bridgehead atoms. The van der Waals surface area contributed by atoms with Crippen LogP contribution in [0.3, 0.4) is 0 Å². The van der Waals surface area contributed by atoms with Crippen LogP contribution in [0.4, 0.5) is 0 Å². The van der Waals surface area contributed by atoms with Crippen molar-refractivity contribution in [3.63, 3.8) is 0 Å². The summed E-state index contributed by atoms with van der Waals surface area (Å²) in [4.78, 5) is 2.46. The van der Waals surface area contributed by atoms with Crippen molar-refractivity contribution >= 4 is 15.7 Å². The molecule has 0 unspecified atom stereocenters. The molecule has 20 heavy (non-hydrogen) atoms. The highest BCUT2D eigenvalue weighted by Crippen LogP contribution is 2.16. The van der Waals surface area contributed by atoms with Crippen molar-refractivity contribution in [3.8, 4) is 0 Å². The van der Waals surface area contributed by atoms with Crippen molar-refractivity contribution in [2.24, 2.45) is 5.10 Å². The highest BCUT2D eigenvalue weighted by atomic mass is 32.2. The molecule has 0 amide bonds. The highest BCUT2D eigenvalue weighted by Gasteiger charge is 2.16. The van der Waals surface area contributed by atoms with Gasteiger partial charge in [0.15, 0.2) is 0 Å². The smallest absolute Gasteiger partial charge is 0.276 e. The molecule has 2 rings (SSSR count). The molecular weight excluding hydrogens is 276 g/mol. The molecule has 1 aromatic heterocycles. The lowest BCUT2D eigenvalue weighted by atomic mass is 10.2. The van der Waals surface area contributed by atoms with E-state index in [0.717, 1.165) is 5.56 Å². The molecule has 106 valence electrons. The zero-order valence-electron chi connectivity index (χ0n) is 11.5. The summed E-state index contributed by atoms with van der Waals surface area (Å²) < 4.78 is 29.6. The van der Waals surface area contributed by atoms with Crippen LogP contribution in [0.5, 0.6) is 0 Å². The van der Waals surface area contributed by atoms with Gasteiger partial charge in [-0.15, -0.1) is 0 Å². The largest absolute Gasteiger partial charge is 0.463 e. The Morgan fingerprint density at radius 3 is 2.65 bits per heavy atom. The average Bonchev–Trinajstić information content (AvgIpc) is 2.93. The third kappa shape index (κ3) is 3.08. The predicted molar refractivity (Wildman–Crippen MR) is 77.2 cm³/mol. The van der Waals surface area contributed by atoms with Crippen LogP contribution >= 0.6 is 0 Å². The monoisotopic (exact) mass is 292 g/mol. The fourth-order valence-corrected chi connectivity index (χ4v) is 2.90. The van der Waals surface area contributed by atoms with Crippen molar-refractivity contribution < 1.29 is 12.8 Å². The molecule has 0 saturated carbocycles. The lowest BCUT2D eigenvalue weighted by Gasteiger charge is -2.08. The van der Waals surface area contributed by atoms with Crippen LogP contribution in [0.1, 0.15) is 23.8 Å². The van der Waals surface area contributed by atoms with Gasteiger partial charge in [0, 0.05) is 0 Å². The number of aryl methyl sites for hydroxylation is 2. The maximum Gasteiger partial charge on any atom is 0.276 e. The van der Waals surface area contributed by atoms with Gasteiger partial charge < -0.3 is 4.42 Å². The number of hydrogen-bond donors (Lipinski definition) is 1. The first-order valence-electron chi connectivity index (χ1n) is 6.07. The van der Waals surface area contributed by atoms with Gasteiger partial charge in [0.05, 0.1) is 11.2 Å². The van der Waals surface area contributed by atoms with E-state index in [1.54, 1.807) is 38.1 Å². The Morgan fingerprint density at radius 1 is 1.25 bits per heavy atom. The molecule has 0 aliphatic carbocycles. The Hall–Kier alpha value is -2.08. The van der Waals surface area contributed by atoms with Crippen molar-refractivity contribution in [3.05, 3.63) is 53.5 Å². The van der Waals surface area contributed by atoms with E-state index in [4.69, 9.17) is 4.42 Å². The first kappa shape index (κ1) is 14.3. The molecule has 0 radical (unpaired) electrons. The normalized spacial score (nSPS) is 12.4. The molecule has 1 N–H and O–H groups in total. The second-order valence-electron chi connectivity index (χ2n) is 4.54. The summed E-state index contributed by atoms with van der Waals surface area (Å²) in [5.41, 5.74) is 2.01. The van der Waals surface area contributed by atoms with Gasteiger partial charge in [-0.3, -0.25) is 0 Å². The van der Waals surface area contributed by atoms with Gasteiger partial charge in [0.2, 0.25) is 0 Å². The average molecular weight is 292 g/mol. The Morgan fingerprint density at radius 2 is 2.00 bits per heavy atom. The molecule has 5 nitrogen and oxygen atoms in total. The number of nitrogens with one attached hydrogen (secondary N) is 1. The quantitative estimate of drug-likeness (QED) is 0.695. The molecule has 2 aromatic rings. The van der Waals surface area contributed by atoms with Gasteiger partial charge in [0.1, 0.15) is 11.5 Å². The van der Waals surface area contributed by atoms with Gasteiger partial charge in [-0.1, -0.05) is 12.1 Å². The number of furan rings is 1. The van der Waals surface area contributed by atoms with Crippen molar-refractivity contribution in [2.75, 3.05) is 0 Å². The Balaban J connectivity index is 2.28. The first-order chi connectivity index (χ1) is 9.40. The highest BCUT2D eigenvalue weighted by molar-refractivity contribution is 7.89. The topological polar surface area (TPSA) is 71.7 Å². The summed E-state index contributed by atoms with van der Waals surface area (Å²) in [6.07, 6.45) is 1.51. The fourth-order valence-electron chi connectivity index (χ4n) is 1.71. The van der Waals surface area contributed by atoms with E-state index in [9.17, 15) is 8.42 Å². The van der Waals surface area contributed by atoms with Crippen LogP contribution in [0, 0.1) is 13.8 Å². The van der Waals surface area contributed by atoms with Gasteiger partial charge in [-0.2, -0.15) is 18.4 Å². The first-order valence-corrected chi connectivity index (χ1v) is 7.56. The molecule has 1 aromatic carbocycles. The molecule has 0 fully saturated rings. The minimum Gasteiger partial charge on any atom is -0.463 e. The van der Waals surface area contributed by atoms with Crippen molar-refractivity contribution in [1.29, 1.82) is 0 Å². The predicted octanol–water partition coefficient (Wildman–Crippen LogP) is 2.60.